The Labute approximate surface area is 124 Å². The first kappa shape index (κ1) is 18.9. The molecule has 0 aliphatic rings. The number of hydrogen-bond donors (Lipinski definition) is 2. The highest BCUT2D eigenvalue weighted by Crippen LogP contribution is 2.14. The molecule has 6 heteroatoms. The predicted molar refractivity (Wildman–Crippen MR) is 84.8 cm³/mol. The topological polar surface area (TPSA) is 51.8 Å². The molecule has 0 radical (unpaired) electrons. The highest BCUT2D eigenvalue weighted by atomic mass is 28.2. The molecule has 2 N–H and O–H groups in total. The van der Waals surface area contributed by atoms with Gasteiger partial charge >= 0.3 is 5.97 Å². The fraction of sp³-hybridized carbons (Fsp3) is 0.571. The molecule has 0 bridgehead atoms. The maximum atomic E-state index is 5.65. The molecule has 0 fully saturated rings. The lowest BCUT2D eigenvalue weighted by atomic mass is 10.3. The van der Waals surface area contributed by atoms with E-state index >= 15 is 0 Å². The molecule has 0 spiro atoms. The van der Waals surface area contributed by atoms with Crippen molar-refractivity contribution in [3.63, 3.8) is 0 Å². The first-order chi connectivity index (χ1) is 9.22. The van der Waals surface area contributed by atoms with Crippen LogP contribution in [-0.4, -0.2) is 15.7 Å². The third kappa shape index (κ3) is 7.49. The summed E-state index contributed by atoms with van der Waals surface area (Å²) in [6, 6.07) is 0. The summed E-state index contributed by atoms with van der Waals surface area (Å²) in [4.78, 5) is 11.1. The number of nitrogens with one attached hydrogen (secondary N) is 2. The van der Waals surface area contributed by atoms with Crippen molar-refractivity contribution in [3.8, 4) is 0 Å². The number of rotatable bonds is 9. The van der Waals surface area contributed by atoms with Crippen molar-refractivity contribution >= 4 is 9.76 Å². The van der Waals surface area contributed by atoms with Gasteiger partial charge in [-0.25, -0.2) is 9.68 Å². The average molecular weight is 300 g/mol. The zero-order valence-electron chi connectivity index (χ0n) is 13.7. The van der Waals surface area contributed by atoms with E-state index in [1.54, 1.807) is 12.6 Å². The second kappa shape index (κ2) is 8.96. The monoisotopic (exact) mass is 300 g/mol. The van der Waals surface area contributed by atoms with E-state index in [4.69, 9.17) is 14.1 Å². The molecule has 0 aliphatic carbocycles. The second-order valence-corrected chi connectivity index (χ2v) is 6.32. The van der Waals surface area contributed by atoms with Crippen LogP contribution in [0.3, 0.4) is 0 Å². The summed E-state index contributed by atoms with van der Waals surface area (Å²) in [5, 5.41) is 0. The molecule has 0 rings (SSSR count). The minimum Gasteiger partial charge on any atom is -0.369 e. The molecule has 0 aliphatic heterocycles. The number of allylic oxidation sites excluding steroid dienone is 4. The zero-order valence-corrected chi connectivity index (χ0v) is 15.1. The minimum atomic E-state index is -1.21. The molecule has 0 amide bonds. The van der Waals surface area contributed by atoms with Gasteiger partial charge in [0.05, 0.1) is 0 Å². The lowest BCUT2D eigenvalue weighted by Gasteiger charge is -2.29. The van der Waals surface area contributed by atoms with Crippen molar-refractivity contribution in [1.29, 1.82) is 0 Å². The summed E-state index contributed by atoms with van der Waals surface area (Å²) in [5.41, 5.74) is 11.6. The largest absolute Gasteiger partial charge is 0.369 e. The Morgan fingerprint density at radius 3 is 1.65 bits per heavy atom. The van der Waals surface area contributed by atoms with Crippen molar-refractivity contribution in [3.05, 3.63) is 34.8 Å². The van der Waals surface area contributed by atoms with Gasteiger partial charge in [0.25, 0.3) is 0 Å². The summed E-state index contributed by atoms with van der Waals surface area (Å²) in [7, 11) is -0.909. The van der Waals surface area contributed by atoms with E-state index in [-0.39, 0.29) is 0 Å². The van der Waals surface area contributed by atoms with E-state index in [2.05, 4.69) is 17.5 Å². The molecule has 0 saturated heterocycles. The van der Waals surface area contributed by atoms with Crippen LogP contribution >= 0.6 is 0 Å². The molecule has 0 atom stereocenters. The van der Waals surface area contributed by atoms with E-state index in [1.165, 1.54) is 0 Å². The maximum absolute atomic E-state index is 5.65. The van der Waals surface area contributed by atoms with Crippen LogP contribution in [-0.2, 0) is 14.1 Å². The van der Waals surface area contributed by atoms with E-state index in [0.717, 1.165) is 22.5 Å². The van der Waals surface area contributed by atoms with Crippen LogP contribution in [0.2, 0.25) is 0 Å². The Bertz CT molecular complexity index is 356. The Kier molecular flexibility index (Phi) is 8.48. The highest BCUT2D eigenvalue weighted by molar-refractivity contribution is 6.34. The van der Waals surface area contributed by atoms with E-state index in [0.29, 0.717) is 0 Å². The summed E-state index contributed by atoms with van der Waals surface area (Å²) in [6.07, 6.45) is 0. The van der Waals surface area contributed by atoms with Gasteiger partial charge in [-0.2, -0.15) is 0 Å². The Morgan fingerprint density at radius 2 is 1.35 bits per heavy atom. The standard InChI is InChI=1S/C14H28N2O3Si/c1-9-20-19-14(8,17-15-12(6)10(2)3)18-16-13(7)11(4)5/h9,15-16H,1,20H2,2-8H3. The van der Waals surface area contributed by atoms with Crippen molar-refractivity contribution in [1.82, 2.24) is 11.0 Å². The predicted octanol–water partition coefficient (Wildman–Crippen LogP) is 2.57. The fourth-order valence-electron chi connectivity index (χ4n) is 0.833. The van der Waals surface area contributed by atoms with Crippen LogP contribution in [0, 0.1) is 0 Å². The average Bonchev–Trinajstić information content (AvgIpc) is 2.39. The van der Waals surface area contributed by atoms with Crippen LogP contribution in [0.15, 0.2) is 34.8 Å². The number of hydroxylamine groups is 2. The van der Waals surface area contributed by atoms with Gasteiger partial charge in [-0.05, 0) is 41.5 Å². The van der Waals surface area contributed by atoms with Gasteiger partial charge in [-0.3, -0.25) is 11.0 Å². The normalized spacial score (nSPS) is 11.3. The summed E-state index contributed by atoms with van der Waals surface area (Å²) >= 11 is 0. The van der Waals surface area contributed by atoms with Crippen LogP contribution in [0.25, 0.3) is 0 Å². The summed E-state index contributed by atoms with van der Waals surface area (Å²) in [5.74, 6) is -1.21. The third-order valence-corrected chi connectivity index (χ3v) is 3.67. The Hall–Kier alpha value is -1.08. The maximum Gasteiger partial charge on any atom is 0.313 e. The third-order valence-electron chi connectivity index (χ3n) is 2.74. The highest BCUT2D eigenvalue weighted by Gasteiger charge is 2.28. The van der Waals surface area contributed by atoms with Gasteiger partial charge in [0, 0.05) is 18.3 Å². The molecule has 0 heterocycles. The zero-order chi connectivity index (χ0) is 15.8. The molecular weight excluding hydrogens is 272 g/mol. The lowest BCUT2D eigenvalue weighted by Crippen LogP contribution is -2.44. The molecular formula is C14H28N2O3Si. The first-order valence-electron chi connectivity index (χ1n) is 6.63. The molecule has 0 unspecified atom stereocenters. The molecule has 0 saturated carbocycles. The lowest BCUT2D eigenvalue weighted by molar-refractivity contribution is -0.370. The molecule has 0 aromatic rings. The van der Waals surface area contributed by atoms with Crippen LogP contribution in [0.5, 0.6) is 0 Å². The van der Waals surface area contributed by atoms with E-state index < -0.39 is 15.7 Å². The van der Waals surface area contributed by atoms with E-state index in [1.807, 2.05) is 41.5 Å². The minimum absolute atomic E-state index is 0.909. The van der Waals surface area contributed by atoms with Crippen LogP contribution < -0.4 is 11.0 Å². The number of hydrogen-bond acceptors (Lipinski definition) is 5. The molecule has 5 nitrogen and oxygen atoms in total. The first-order valence-corrected chi connectivity index (χ1v) is 8.02. The van der Waals surface area contributed by atoms with Gasteiger partial charge < -0.3 is 4.43 Å². The SMILES string of the molecule is C=C[SiH2]OC(C)(ONC(C)=C(C)C)ONC(C)=C(C)C. The van der Waals surface area contributed by atoms with Crippen LogP contribution in [0.1, 0.15) is 48.5 Å². The smallest absolute Gasteiger partial charge is 0.313 e. The molecule has 0 aromatic carbocycles. The van der Waals surface area contributed by atoms with Crippen LogP contribution in [0.4, 0.5) is 0 Å². The summed E-state index contributed by atoms with van der Waals surface area (Å²) in [6.45, 7) is 17.2. The summed E-state index contributed by atoms with van der Waals surface area (Å²) < 4.78 is 5.65. The Balaban J connectivity index is 4.70. The van der Waals surface area contributed by atoms with Gasteiger partial charge in [-0.15, -0.1) is 6.58 Å². The van der Waals surface area contributed by atoms with Gasteiger partial charge in [0.1, 0.15) is 0 Å². The Morgan fingerprint density at radius 1 is 0.950 bits per heavy atom. The van der Waals surface area contributed by atoms with Crippen molar-refractivity contribution in [2.75, 3.05) is 0 Å². The second-order valence-electron chi connectivity index (χ2n) is 5.12. The van der Waals surface area contributed by atoms with Crippen molar-refractivity contribution in [2.24, 2.45) is 0 Å². The molecule has 20 heavy (non-hydrogen) atoms. The van der Waals surface area contributed by atoms with Gasteiger partial charge in [0.2, 0.25) is 0 Å². The van der Waals surface area contributed by atoms with Crippen molar-refractivity contribution < 1.29 is 14.1 Å². The van der Waals surface area contributed by atoms with Crippen molar-refractivity contribution in [2.45, 2.75) is 54.4 Å². The quantitative estimate of drug-likeness (QED) is 0.389. The van der Waals surface area contributed by atoms with Gasteiger partial charge in [-0.1, -0.05) is 16.8 Å². The molecule has 116 valence electrons. The fourth-order valence-corrected chi connectivity index (χ4v) is 1.37. The van der Waals surface area contributed by atoms with E-state index in [9.17, 15) is 0 Å². The van der Waals surface area contributed by atoms with Gasteiger partial charge in [0.15, 0.2) is 9.76 Å². The molecule has 0 aromatic heterocycles.